The Bertz CT molecular complexity index is 871. The number of anilines is 1. The fourth-order valence-corrected chi connectivity index (χ4v) is 3.05. The van der Waals surface area contributed by atoms with Crippen molar-refractivity contribution in [1.82, 2.24) is 15.3 Å². The van der Waals surface area contributed by atoms with Gasteiger partial charge in [-0.15, -0.1) is 0 Å². The highest BCUT2D eigenvalue weighted by Gasteiger charge is 2.25. The summed E-state index contributed by atoms with van der Waals surface area (Å²) in [6, 6.07) is 5.71. The summed E-state index contributed by atoms with van der Waals surface area (Å²) in [4.78, 5) is 39.3. The van der Waals surface area contributed by atoms with Crippen LogP contribution in [0.4, 0.5) is 5.69 Å². The Morgan fingerprint density at radius 2 is 2.09 bits per heavy atom. The van der Waals surface area contributed by atoms with E-state index in [4.69, 9.17) is 5.73 Å². The lowest BCUT2D eigenvalue weighted by atomic mass is 10.1. The summed E-state index contributed by atoms with van der Waals surface area (Å²) >= 11 is 3.42. The first-order valence-electron chi connectivity index (χ1n) is 6.67. The number of hydrogen-bond donors (Lipinski definition) is 4. The third kappa shape index (κ3) is 2.57. The van der Waals surface area contributed by atoms with E-state index in [0.717, 1.165) is 28.4 Å². The summed E-state index contributed by atoms with van der Waals surface area (Å²) in [5.74, 6) is -0.568. The molecule has 22 heavy (non-hydrogen) atoms. The molecule has 1 aromatic heterocycles. The minimum Gasteiger partial charge on any atom is -0.392 e. The maximum atomic E-state index is 12.3. The molecule has 0 radical (unpaired) electrons. The number of aryl methyl sites for hydroxylation is 1. The van der Waals surface area contributed by atoms with E-state index in [-0.39, 0.29) is 17.4 Å². The van der Waals surface area contributed by atoms with Crippen LogP contribution in [0.2, 0.25) is 0 Å². The molecule has 1 unspecified atom stereocenters. The van der Waals surface area contributed by atoms with Crippen LogP contribution in [0.1, 0.15) is 34.1 Å². The molecule has 0 saturated heterocycles. The molecule has 0 fully saturated rings. The lowest BCUT2D eigenvalue weighted by molar-refractivity contribution is 0.0932. The number of rotatable bonds is 2. The zero-order valence-electron chi connectivity index (χ0n) is 11.4. The molecule has 2 aromatic rings. The van der Waals surface area contributed by atoms with Gasteiger partial charge in [0.05, 0.1) is 6.04 Å². The van der Waals surface area contributed by atoms with Crippen LogP contribution in [0.5, 0.6) is 0 Å². The molecule has 1 aliphatic rings. The molecule has 0 saturated carbocycles. The van der Waals surface area contributed by atoms with Gasteiger partial charge in [0.25, 0.3) is 11.5 Å². The van der Waals surface area contributed by atoms with Gasteiger partial charge < -0.3 is 16.0 Å². The lowest BCUT2D eigenvalue weighted by Crippen LogP contribution is -2.34. The number of H-pyrrole nitrogens is 2. The number of aromatic nitrogens is 2. The van der Waals surface area contributed by atoms with E-state index in [1.54, 1.807) is 0 Å². The Labute approximate surface area is 133 Å². The topological polar surface area (TPSA) is 121 Å². The quantitative estimate of drug-likeness (QED) is 0.630. The van der Waals surface area contributed by atoms with E-state index in [9.17, 15) is 14.4 Å². The highest BCUT2D eigenvalue weighted by Crippen LogP contribution is 2.33. The highest BCUT2D eigenvalue weighted by molar-refractivity contribution is 9.10. The first kappa shape index (κ1) is 14.6. The molecule has 1 heterocycles. The maximum Gasteiger partial charge on any atom is 0.326 e. The van der Waals surface area contributed by atoms with Gasteiger partial charge in [0, 0.05) is 4.47 Å². The summed E-state index contributed by atoms with van der Waals surface area (Å²) in [6.45, 7) is 0. The van der Waals surface area contributed by atoms with Gasteiger partial charge in [0.15, 0.2) is 0 Å². The molecule has 8 heteroatoms. The third-order valence-corrected chi connectivity index (χ3v) is 4.19. The van der Waals surface area contributed by atoms with E-state index >= 15 is 0 Å². The molecule has 1 aliphatic carbocycles. The lowest BCUT2D eigenvalue weighted by Gasteiger charge is -2.14. The summed E-state index contributed by atoms with van der Waals surface area (Å²) in [5, 5.41) is 2.81. The number of fused-ring (bicyclic) bond motifs is 1. The molecule has 1 atom stereocenters. The Morgan fingerprint density at radius 3 is 2.86 bits per heavy atom. The van der Waals surface area contributed by atoms with Gasteiger partial charge in [-0.3, -0.25) is 14.6 Å². The van der Waals surface area contributed by atoms with Crippen molar-refractivity contribution in [3.8, 4) is 0 Å². The number of benzene rings is 1. The van der Waals surface area contributed by atoms with Gasteiger partial charge in [-0.2, -0.15) is 0 Å². The first-order chi connectivity index (χ1) is 10.5. The summed E-state index contributed by atoms with van der Waals surface area (Å²) in [5.41, 5.74) is 5.70. The number of nitrogens with two attached hydrogens (primary N) is 1. The molecular weight excluding hydrogens is 352 g/mol. The predicted octanol–water partition coefficient (Wildman–Crippen LogP) is 0.825. The largest absolute Gasteiger partial charge is 0.392 e. The average Bonchev–Trinajstić information content (AvgIpc) is 2.84. The monoisotopic (exact) mass is 364 g/mol. The SMILES string of the molecule is Nc1c(C(=O)NC2CCc3cc(Br)ccc32)[nH]c(=O)[nH]c1=O. The second-order valence-electron chi connectivity index (χ2n) is 5.10. The number of nitrogens with one attached hydrogen (secondary N) is 3. The Hall–Kier alpha value is -2.35. The van der Waals surface area contributed by atoms with Gasteiger partial charge in [-0.05, 0) is 36.1 Å². The van der Waals surface area contributed by atoms with Crippen LogP contribution in [0.25, 0.3) is 0 Å². The van der Waals surface area contributed by atoms with Crippen molar-refractivity contribution < 1.29 is 4.79 Å². The van der Waals surface area contributed by atoms with Crippen LogP contribution in [0.15, 0.2) is 32.3 Å². The zero-order chi connectivity index (χ0) is 15.9. The van der Waals surface area contributed by atoms with Crippen LogP contribution in [-0.2, 0) is 6.42 Å². The molecule has 0 bridgehead atoms. The Kier molecular flexibility index (Phi) is 3.61. The van der Waals surface area contributed by atoms with Gasteiger partial charge in [0.2, 0.25) is 0 Å². The van der Waals surface area contributed by atoms with Crippen molar-refractivity contribution in [3.63, 3.8) is 0 Å². The number of carbonyl (C=O) groups excluding carboxylic acids is 1. The fraction of sp³-hybridized carbons (Fsp3) is 0.214. The van der Waals surface area contributed by atoms with Gasteiger partial charge >= 0.3 is 5.69 Å². The summed E-state index contributed by atoms with van der Waals surface area (Å²) in [7, 11) is 0. The minimum atomic E-state index is -0.773. The number of hydrogen-bond acceptors (Lipinski definition) is 4. The predicted molar refractivity (Wildman–Crippen MR) is 84.8 cm³/mol. The standard InChI is InChI=1S/C14H13BrN4O3/c15-7-2-3-8-6(5-7)1-4-9(8)17-13(21)11-10(16)12(20)19-14(22)18-11/h2-3,5,9H,1,4,16H2,(H,17,21)(H2,18,19,20,22). The van der Waals surface area contributed by atoms with E-state index in [0.29, 0.717) is 0 Å². The van der Waals surface area contributed by atoms with E-state index < -0.39 is 17.2 Å². The van der Waals surface area contributed by atoms with Crippen LogP contribution in [-0.4, -0.2) is 15.9 Å². The first-order valence-corrected chi connectivity index (χ1v) is 7.46. The average molecular weight is 365 g/mol. The van der Waals surface area contributed by atoms with Crippen LogP contribution < -0.4 is 22.3 Å². The zero-order valence-corrected chi connectivity index (χ0v) is 13.0. The van der Waals surface area contributed by atoms with E-state index in [2.05, 4.69) is 26.2 Å². The number of carbonyl (C=O) groups is 1. The van der Waals surface area contributed by atoms with Crippen LogP contribution >= 0.6 is 15.9 Å². The molecule has 114 valence electrons. The minimum absolute atomic E-state index is 0.169. The fourth-order valence-electron chi connectivity index (χ4n) is 2.64. The van der Waals surface area contributed by atoms with Crippen molar-refractivity contribution in [2.45, 2.75) is 18.9 Å². The van der Waals surface area contributed by atoms with Crippen molar-refractivity contribution >= 4 is 27.5 Å². The van der Waals surface area contributed by atoms with Gasteiger partial charge in [-0.25, -0.2) is 4.79 Å². The van der Waals surface area contributed by atoms with Crippen molar-refractivity contribution in [2.24, 2.45) is 0 Å². The Morgan fingerprint density at radius 1 is 1.32 bits per heavy atom. The number of nitrogen functional groups attached to an aromatic ring is 1. The summed E-state index contributed by atoms with van der Waals surface area (Å²) < 4.78 is 0.987. The van der Waals surface area contributed by atoms with E-state index in [1.807, 2.05) is 23.2 Å². The van der Waals surface area contributed by atoms with Crippen LogP contribution in [0, 0.1) is 0 Å². The summed E-state index contributed by atoms with van der Waals surface area (Å²) in [6.07, 6.45) is 1.60. The normalized spacial score (nSPS) is 16.3. The molecule has 5 N–H and O–H groups in total. The molecule has 3 rings (SSSR count). The molecular formula is C14H13BrN4O3. The number of aromatic amines is 2. The van der Waals surface area contributed by atoms with Crippen molar-refractivity contribution in [1.29, 1.82) is 0 Å². The van der Waals surface area contributed by atoms with Crippen molar-refractivity contribution in [3.05, 3.63) is 60.3 Å². The maximum absolute atomic E-state index is 12.3. The van der Waals surface area contributed by atoms with Gasteiger partial charge in [-0.1, -0.05) is 22.0 Å². The molecule has 1 amide bonds. The number of amides is 1. The highest BCUT2D eigenvalue weighted by atomic mass is 79.9. The molecule has 1 aromatic carbocycles. The Balaban J connectivity index is 1.88. The molecule has 0 aliphatic heterocycles. The second-order valence-corrected chi connectivity index (χ2v) is 6.02. The van der Waals surface area contributed by atoms with E-state index in [1.165, 1.54) is 0 Å². The second kappa shape index (κ2) is 5.45. The smallest absolute Gasteiger partial charge is 0.326 e. The molecule has 0 spiro atoms. The third-order valence-electron chi connectivity index (χ3n) is 3.69. The van der Waals surface area contributed by atoms with Crippen molar-refractivity contribution in [2.75, 3.05) is 5.73 Å². The number of halogens is 1. The molecule has 7 nitrogen and oxygen atoms in total. The van der Waals surface area contributed by atoms with Gasteiger partial charge in [0.1, 0.15) is 11.4 Å². The van der Waals surface area contributed by atoms with Crippen LogP contribution in [0.3, 0.4) is 0 Å².